The Labute approximate surface area is 165 Å². The van der Waals surface area contributed by atoms with Gasteiger partial charge in [0.2, 0.25) is 5.91 Å². The van der Waals surface area contributed by atoms with E-state index in [4.69, 9.17) is 4.98 Å². The number of para-hydroxylation sites is 1. The highest BCUT2D eigenvalue weighted by Gasteiger charge is 2.19. The number of anilines is 2. The first-order valence-corrected chi connectivity index (χ1v) is 9.99. The summed E-state index contributed by atoms with van der Waals surface area (Å²) in [4.78, 5) is 19.9. The maximum Gasteiger partial charge on any atom is 0.230 e. The van der Waals surface area contributed by atoms with Crippen molar-refractivity contribution < 1.29 is 9.69 Å². The molecule has 0 bridgehead atoms. The number of hydrogen-bond acceptors (Lipinski definition) is 3. The summed E-state index contributed by atoms with van der Waals surface area (Å²) in [5.74, 6) is -0.0296. The Bertz CT molecular complexity index is 920. The van der Waals surface area contributed by atoms with Crippen molar-refractivity contribution in [1.29, 1.82) is 0 Å². The number of amides is 1. The fourth-order valence-electron chi connectivity index (χ4n) is 3.23. The van der Waals surface area contributed by atoms with Crippen molar-refractivity contribution in [2.45, 2.75) is 33.9 Å². The Morgan fingerprint density at radius 2 is 1.85 bits per heavy atom. The third kappa shape index (κ3) is 4.81. The van der Waals surface area contributed by atoms with Gasteiger partial charge in [0.25, 0.3) is 0 Å². The van der Waals surface area contributed by atoms with Gasteiger partial charge in [0.05, 0.1) is 12.7 Å². The number of nitrogens with one attached hydrogen (secondary N) is 1. The maximum atomic E-state index is 12.2. The predicted octanol–water partition coefficient (Wildman–Crippen LogP) is 3.66. The van der Waals surface area contributed by atoms with Gasteiger partial charge in [0.1, 0.15) is 18.8 Å². The number of nitrogens with zero attached hydrogens (tertiary/aromatic N) is 2. The molecule has 4 nitrogen and oxygen atoms in total. The molecule has 0 radical (unpaired) electrons. The molecular weight excluding hydrogens is 354 g/mol. The smallest absolute Gasteiger partial charge is 0.230 e. The van der Waals surface area contributed by atoms with Crippen LogP contribution in [0.2, 0.25) is 0 Å². The van der Waals surface area contributed by atoms with Crippen LogP contribution in [0.4, 0.5) is 10.8 Å². The van der Waals surface area contributed by atoms with E-state index in [1.54, 1.807) is 11.8 Å². The molecular formula is C22H26N3OS+. The molecule has 2 aromatic carbocycles. The van der Waals surface area contributed by atoms with Gasteiger partial charge < -0.3 is 4.90 Å². The minimum Gasteiger partial charge on any atom is -0.329 e. The van der Waals surface area contributed by atoms with Crippen molar-refractivity contribution in [3.63, 3.8) is 0 Å². The van der Waals surface area contributed by atoms with Crippen LogP contribution in [0.1, 0.15) is 29.3 Å². The summed E-state index contributed by atoms with van der Waals surface area (Å²) in [6.45, 7) is 7.64. The molecule has 1 amide bonds. The largest absolute Gasteiger partial charge is 0.329 e. The van der Waals surface area contributed by atoms with Crippen molar-refractivity contribution in [3.05, 3.63) is 76.3 Å². The van der Waals surface area contributed by atoms with Crippen molar-refractivity contribution in [2.75, 3.05) is 11.9 Å². The standard InChI is InChI=1S/C22H25N3OS/c1-16-10-11-19(17(2)12-16)13-24(4)14-20-15-27-22(23-20)25(18(3)26)21-8-6-5-7-9-21/h5-12,15H,13-14H2,1-4H3/p+1. The molecule has 1 heterocycles. The summed E-state index contributed by atoms with van der Waals surface area (Å²) in [5, 5.41) is 2.78. The van der Waals surface area contributed by atoms with E-state index in [2.05, 4.69) is 44.5 Å². The Kier molecular flexibility index (Phi) is 6.04. The average molecular weight is 381 g/mol. The minimum atomic E-state index is -0.0296. The topological polar surface area (TPSA) is 37.6 Å². The molecule has 0 aliphatic carbocycles. The molecule has 1 atom stereocenters. The molecule has 5 heteroatoms. The van der Waals surface area contributed by atoms with Crippen LogP contribution in [0, 0.1) is 13.8 Å². The van der Waals surface area contributed by atoms with E-state index >= 15 is 0 Å². The minimum absolute atomic E-state index is 0.0296. The second-order valence-electron chi connectivity index (χ2n) is 7.05. The number of carbonyl (C=O) groups is 1. The van der Waals surface area contributed by atoms with Crippen LogP contribution in [0.15, 0.2) is 53.9 Å². The van der Waals surface area contributed by atoms with Crippen molar-refractivity contribution in [3.8, 4) is 0 Å². The first kappa shape index (κ1) is 19.3. The summed E-state index contributed by atoms with van der Waals surface area (Å²) in [6.07, 6.45) is 0. The Balaban J connectivity index is 1.72. The number of carbonyl (C=O) groups excluding carboxylic acids is 1. The van der Waals surface area contributed by atoms with Gasteiger partial charge in [-0.15, -0.1) is 11.3 Å². The SMILES string of the molecule is CC(=O)N(c1ccccc1)c1nc(C[NH+](C)Cc2ccc(C)cc2C)cs1. The first-order valence-electron chi connectivity index (χ1n) is 9.11. The lowest BCUT2D eigenvalue weighted by Gasteiger charge is -2.18. The van der Waals surface area contributed by atoms with Crippen LogP contribution in [0.3, 0.4) is 0 Å². The second-order valence-corrected chi connectivity index (χ2v) is 7.89. The molecule has 0 aliphatic rings. The molecule has 0 saturated heterocycles. The van der Waals surface area contributed by atoms with Crippen LogP contribution in [-0.4, -0.2) is 17.9 Å². The molecule has 0 aliphatic heterocycles. The number of quaternary nitrogens is 1. The lowest BCUT2D eigenvalue weighted by molar-refractivity contribution is -0.908. The summed E-state index contributed by atoms with van der Waals surface area (Å²) in [7, 11) is 2.18. The molecule has 0 fully saturated rings. The number of aryl methyl sites for hydroxylation is 2. The predicted molar refractivity (Wildman–Crippen MR) is 112 cm³/mol. The van der Waals surface area contributed by atoms with Gasteiger partial charge in [-0.25, -0.2) is 4.98 Å². The van der Waals surface area contributed by atoms with Gasteiger partial charge in [-0.3, -0.25) is 9.69 Å². The summed E-state index contributed by atoms with van der Waals surface area (Å²) < 4.78 is 0. The van der Waals surface area contributed by atoms with Gasteiger partial charge in [0.15, 0.2) is 5.13 Å². The Morgan fingerprint density at radius 3 is 2.52 bits per heavy atom. The zero-order chi connectivity index (χ0) is 19.4. The van der Waals surface area contributed by atoms with Gasteiger partial charge in [-0.1, -0.05) is 42.0 Å². The normalized spacial score (nSPS) is 12.0. The summed E-state index contributed by atoms with van der Waals surface area (Å²) in [6, 6.07) is 16.3. The number of thiazole rings is 1. The number of rotatable bonds is 6. The molecule has 27 heavy (non-hydrogen) atoms. The summed E-state index contributed by atoms with van der Waals surface area (Å²) in [5.41, 5.74) is 5.85. The fourth-order valence-corrected chi connectivity index (χ4v) is 4.11. The average Bonchev–Trinajstić information content (AvgIpc) is 3.06. The van der Waals surface area contributed by atoms with E-state index in [0.717, 1.165) is 29.6 Å². The monoisotopic (exact) mass is 380 g/mol. The molecule has 1 unspecified atom stereocenters. The van der Waals surface area contributed by atoms with Crippen molar-refractivity contribution in [2.24, 2.45) is 0 Å². The molecule has 1 aromatic heterocycles. The lowest BCUT2D eigenvalue weighted by atomic mass is 10.1. The van der Waals surface area contributed by atoms with Gasteiger partial charge in [-0.05, 0) is 31.5 Å². The van der Waals surface area contributed by atoms with E-state index < -0.39 is 0 Å². The molecule has 3 rings (SSSR count). The van der Waals surface area contributed by atoms with E-state index in [1.807, 2.05) is 30.3 Å². The maximum absolute atomic E-state index is 12.2. The molecule has 140 valence electrons. The first-order chi connectivity index (χ1) is 12.9. The van der Waals surface area contributed by atoms with Gasteiger partial charge in [-0.2, -0.15) is 0 Å². The fraction of sp³-hybridized carbons (Fsp3) is 0.273. The second kappa shape index (κ2) is 8.46. The van der Waals surface area contributed by atoms with Crippen LogP contribution < -0.4 is 9.80 Å². The lowest BCUT2D eigenvalue weighted by Crippen LogP contribution is -3.06. The van der Waals surface area contributed by atoms with Gasteiger partial charge >= 0.3 is 0 Å². The van der Waals surface area contributed by atoms with Crippen LogP contribution >= 0.6 is 11.3 Å². The highest BCUT2D eigenvalue weighted by molar-refractivity contribution is 7.14. The van der Waals surface area contributed by atoms with Crippen molar-refractivity contribution >= 4 is 28.1 Å². The van der Waals surface area contributed by atoms with Crippen molar-refractivity contribution in [1.82, 2.24) is 4.98 Å². The molecule has 1 N–H and O–H groups in total. The zero-order valence-electron chi connectivity index (χ0n) is 16.3. The number of aromatic nitrogens is 1. The van der Waals surface area contributed by atoms with E-state index in [9.17, 15) is 4.79 Å². The highest BCUT2D eigenvalue weighted by Crippen LogP contribution is 2.28. The Morgan fingerprint density at radius 1 is 1.11 bits per heavy atom. The highest BCUT2D eigenvalue weighted by atomic mass is 32.1. The van der Waals surface area contributed by atoms with Crippen LogP contribution in [0.5, 0.6) is 0 Å². The van der Waals surface area contributed by atoms with Gasteiger partial charge in [0, 0.05) is 17.9 Å². The molecule has 0 saturated carbocycles. The Hall–Kier alpha value is -2.50. The zero-order valence-corrected chi connectivity index (χ0v) is 17.1. The molecule has 0 spiro atoms. The quantitative estimate of drug-likeness (QED) is 0.709. The van der Waals surface area contributed by atoms with E-state index in [-0.39, 0.29) is 5.91 Å². The number of hydrogen-bond donors (Lipinski definition) is 1. The third-order valence-electron chi connectivity index (χ3n) is 4.53. The van der Waals surface area contributed by atoms with Crippen LogP contribution in [0.25, 0.3) is 0 Å². The third-order valence-corrected chi connectivity index (χ3v) is 5.41. The molecule has 3 aromatic rings. The van der Waals surface area contributed by atoms with Crippen LogP contribution in [-0.2, 0) is 17.9 Å². The number of benzene rings is 2. The van der Waals surface area contributed by atoms with E-state index in [0.29, 0.717) is 0 Å². The van der Waals surface area contributed by atoms with E-state index in [1.165, 1.54) is 32.9 Å². The summed E-state index contributed by atoms with van der Waals surface area (Å²) >= 11 is 1.51.